The maximum absolute atomic E-state index is 6.06. The monoisotopic (exact) mass is 491 g/mol. The maximum Gasteiger partial charge on any atom is 0.193 e. The average Bonchev–Trinajstić information content (AvgIpc) is 3.34. The molecule has 0 saturated carbocycles. The van der Waals surface area contributed by atoms with E-state index in [1.807, 2.05) is 18.4 Å². The molecule has 1 aromatic rings. The van der Waals surface area contributed by atoms with E-state index in [2.05, 4.69) is 42.5 Å². The molecule has 4 rings (SSSR count). The molecule has 1 aromatic heterocycles. The number of thiophene rings is 1. The topological polar surface area (TPSA) is 43.3 Å². The molecule has 1 N–H and O–H groups in total. The molecule has 2 atom stereocenters. The summed E-state index contributed by atoms with van der Waals surface area (Å²) >= 11 is 1.82. The molecule has 0 aromatic carbocycles. The molecule has 0 aliphatic carbocycles. The zero-order valence-corrected chi connectivity index (χ0v) is 18.6. The van der Waals surface area contributed by atoms with E-state index in [0.29, 0.717) is 6.04 Å². The van der Waals surface area contributed by atoms with E-state index in [9.17, 15) is 0 Å². The van der Waals surface area contributed by atoms with Crippen molar-refractivity contribution in [3.63, 3.8) is 0 Å². The minimum Gasteiger partial charge on any atom is -0.373 e. The van der Waals surface area contributed by atoms with Gasteiger partial charge in [0.15, 0.2) is 5.96 Å². The van der Waals surface area contributed by atoms with Gasteiger partial charge in [0.05, 0.1) is 17.7 Å². The minimum atomic E-state index is 0. The smallest absolute Gasteiger partial charge is 0.193 e. The van der Waals surface area contributed by atoms with Gasteiger partial charge in [-0.1, -0.05) is 0 Å². The van der Waals surface area contributed by atoms with Gasteiger partial charge >= 0.3 is 0 Å². The minimum absolute atomic E-state index is 0. The number of hydrogen-bond acceptors (Lipinski definition) is 5. The van der Waals surface area contributed by atoms with Crippen LogP contribution in [0, 0.1) is 0 Å². The predicted molar refractivity (Wildman–Crippen MR) is 119 cm³/mol. The van der Waals surface area contributed by atoms with Crippen LogP contribution in [0.4, 0.5) is 5.00 Å². The molecule has 26 heavy (non-hydrogen) atoms. The van der Waals surface area contributed by atoms with Gasteiger partial charge in [-0.3, -0.25) is 9.89 Å². The van der Waals surface area contributed by atoms with E-state index in [0.717, 1.165) is 51.8 Å². The van der Waals surface area contributed by atoms with Gasteiger partial charge in [-0.2, -0.15) is 0 Å². The lowest BCUT2D eigenvalue weighted by molar-refractivity contribution is -0.0454. The third-order valence-electron chi connectivity index (χ3n) is 5.56. The van der Waals surface area contributed by atoms with Crippen LogP contribution in [0.1, 0.15) is 12.8 Å². The molecule has 8 heteroatoms. The maximum atomic E-state index is 6.06. The molecular weight excluding hydrogens is 461 g/mol. The van der Waals surface area contributed by atoms with Gasteiger partial charge in [0, 0.05) is 52.4 Å². The summed E-state index contributed by atoms with van der Waals surface area (Å²) in [5.41, 5.74) is 0. The number of nitrogens with one attached hydrogen (secondary N) is 1. The number of fused-ring (bicyclic) bond motifs is 1. The fourth-order valence-corrected chi connectivity index (χ4v) is 4.92. The van der Waals surface area contributed by atoms with Crippen molar-refractivity contribution >= 4 is 46.3 Å². The number of ether oxygens (including phenoxy) is 1. The van der Waals surface area contributed by atoms with Crippen molar-refractivity contribution in [3.8, 4) is 0 Å². The molecule has 3 saturated heterocycles. The SMILES string of the molecule is CN=C(NCC1CN2CCCC2CO1)N1CCN(c2cccs2)CC1.I. The Balaban J connectivity index is 0.00000196. The average molecular weight is 491 g/mol. The largest absolute Gasteiger partial charge is 0.373 e. The summed E-state index contributed by atoms with van der Waals surface area (Å²) in [6.07, 6.45) is 2.90. The number of piperazine rings is 1. The highest BCUT2D eigenvalue weighted by Crippen LogP contribution is 2.23. The fraction of sp³-hybridized carbons (Fsp3) is 0.722. The summed E-state index contributed by atoms with van der Waals surface area (Å²) in [5.74, 6) is 1.01. The molecule has 3 fully saturated rings. The summed E-state index contributed by atoms with van der Waals surface area (Å²) < 4.78 is 6.06. The number of rotatable bonds is 3. The Hall–Kier alpha value is -0.580. The Morgan fingerprint density at radius 3 is 2.88 bits per heavy atom. The van der Waals surface area contributed by atoms with Gasteiger partial charge in [0.2, 0.25) is 0 Å². The molecule has 3 aliphatic heterocycles. The normalized spacial score (nSPS) is 27.2. The molecule has 0 radical (unpaired) electrons. The van der Waals surface area contributed by atoms with E-state index in [1.165, 1.54) is 24.4 Å². The summed E-state index contributed by atoms with van der Waals surface area (Å²) in [6, 6.07) is 5.00. The van der Waals surface area contributed by atoms with E-state index >= 15 is 0 Å². The van der Waals surface area contributed by atoms with E-state index in [-0.39, 0.29) is 30.1 Å². The summed E-state index contributed by atoms with van der Waals surface area (Å²) in [4.78, 5) is 11.9. The number of guanidine groups is 1. The van der Waals surface area contributed by atoms with Crippen LogP contribution in [-0.4, -0.2) is 87.4 Å². The zero-order chi connectivity index (χ0) is 17.1. The van der Waals surface area contributed by atoms with Crippen LogP contribution >= 0.6 is 35.3 Å². The number of halogens is 1. The summed E-state index contributed by atoms with van der Waals surface area (Å²) in [7, 11) is 1.88. The van der Waals surface area contributed by atoms with Gasteiger partial charge in [-0.05, 0) is 36.9 Å². The highest BCUT2D eigenvalue weighted by molar-refractivity contribution is 14.0. The summed E-state index contributed by atoms with van der Waals surface area (Å²) in [5, 5.41) is 7.07. The first-order valence-corrected chi connectivity index (χ1v) is 10.3. The lowest BCUT2D eigenvalue weighted by Crippen LogP contribution is -2.55. The molecule has 4 heterocycles. The number of aliphatic imine (C=N–C) groups is 1. The summed E-state index contributed by atoms with van der Waals surface area (Å²) in [6.45, 7) is 8.16. The Morgan fingerprint density at radius 1 is 1.31 bits per heavy atom. The van der Waals surface area contributed by atoms with Gasteiger partial charge in [-0.15, -0.1) is 35.3 Å². The van der Waals surface area contributed by atoms with Crippen LogP contribution in [-0.2, 0) is 4.74 Å². The second kappa shape index (κ2) is 9.57. The Morgan fingerprint density at radius 2 is 2.15 bits per heavy atom. The second-order valence-corrected chi connectivity index (χ2v) is 8.03. The number of morpholine rings is 1. The predicted octanol–water partition coefficient (Wildman–Crippen LogP) is 1.93. The third-order valence-corrected chi connectivity index (χ3v) is 6.49. The molecule has 146 valence electrons. The first-order chi connectivity index (χ1) is 12.3. The van der Waals surface area contributed by atoms with Crippen molar-refractivity contribution in [2.75, 3.05) is 64.4 Å². The van der Waals surface area contributed by atoms with Gasteiger partial charge in [0.1, 0.15) is 0 Å². The highest BCUT2D eigenvalue weighted by Gasteiger charge is 2.32. The second-order valence-electron chi connectivity index (χ2n) is 7.10. The van der Waals surface area contributed by atoms with Crippen LogP contribution in [0.25, 0.3) is 0 Å². The number of nitrogens with zero attached hydrogens (tertiary/aromatic N) is 4. The number of anilines is 1. The van der Waals surface area contributed by atoms with Crippen LogP contribution in [0.5, 0.6) is 0 Å². The molecule has 0 bridgehead atoms. The van der Waals surface area contributed by atoms with Gasteiger partial charge < -0.3 is 19.9 Å². The van der Waals surface area contributed by atoms with Crippen molar-refractivity contribution in [3.05, 3.63) is 17.5 Å². The number of hydrogen-bond donors (Lipinski definition) is 1. The molecule has 0 spiro atoms. The van der Waals surface area contributed by atoms with E-state index in [1.54, 1.807) is 0 Å². The lowest BCUT2D eigenvalue weighted by Gasteiger charge is -2.38. The Bertz CT molecular complexity index is 576. The van der Waals surface area contributed by atoms with Crippen molar-refractivity contribution in [1.82, 2.24) is 15.1 Å². The van der Waals surface area contributed by atoms with Gasteiger partial charge in [0.25, 0.3) is 0 Å². The van der Waals surface area contributed by atoms with Crippen molar-refractivity contribution < 1.29 is 4.74 Å². The lowest BCUT2D eigenvalue weighted by atomic mass is 10.2. The molecule has 3 aliphatic rings. The quantitative estimate of drug-likeness (QED) is 0.398. The Kier molecular flexibility index (Phi) is 7.42. The van der Waals surface area contributed by atoms with Crippen molar-refractivity contribution in [2.45, 2.75) is 25.0 Å². The molecule has 6 nitrogen and oxygen atoms in total. The van der Waals surface area contributed by atoms with Crippen LogP contribution in [0.2, 0.25) is 0 Å². The Labute approximate surface area is 177 Å². The highest BCUT2D eigenvalue weighted by atomic mass is 127. The van der Waals surface area contributed by atoms with E-state index in [4.69, 9.17) is 4.74 Å². The zero-order valence-electron chi connectivity index (χ0n) is 15.5. The first-order valence-electron chi connectivity index (χ1n) is 9.43. The molecular formula is C18H30IN5OS. The van der Waals surface area contributed by atoms with Crippen LogP contribution in [0.15, 0.2) is 22.5 Å². The van der Waals surface area contributed by atoms with Crippen molar-refractivity contribution in [1.29, 1.82) is 0 Å². The molecule has 2 unspecified atom stereocenters. The van der Waals surface area contributed by atoms with E-state index < -0.39 is 0 Å². The van der Waals surface area contributed by atoms with Crippen LogP contribution in [0.3, 0.4) is 0 Å². The van der Waals surface area contributed by atoms with Crippen LogP contribution < -0.4 is 10.2 Å². The fourth-order valence-electron chi connectivity index (χ4n) is 4.14. The standard InChI is InChI=1S/C18H29N5OS.HI/c1-19-18(20-12-16-13-23-6-2-4-15(23)14-24-16)22-9-7-21(8-10-22)17-5-3-11-25-17;/h3,5,11,15-16H,2,4,6-10,12-14H2,1H3,(H,19,20);1H. The van der Waals surface area contributed by atoms with Crippen molar-refractivity contribution in [2.24, 2.45) is 4.99 Å². The van der Waals surface area contributed by atoms with Gasteiger partial charge in [-0.25, -0.2) is 0 Å². The molecule has 0 amide bonds. The first kappa shape index (κ1) is 20.2. The third kappa shape index (κ3) is 4.63.